The van der Waals surface area contributed by atoms with Crippen LogP contribution in [-0.2, 0) is 9.53 Å². The number of hydrogen-bond donors (Lipinski definition) is 1. The fourth-order valence-electron chi connectivity index (χ4n) is 5.11. The lowest BCUT2D eigenvalue weighted by Crippen LogP contribution is -2.57. The minimum absolute atomic E-state index is 0.0466. The molecule has 0 unspecified atom stereocenters. The first-order chi connectivity index (χ1) is 13.1. The van der Waals surface area contributed by atoms with Crippen molar-refractivity contribution in [2.45, 2.75) is 43.7 Å². The predicted octanol–water partition coefficient (Wildman–Crippen LogP) is 2.35. The molecule has 0 aromatic heterocycles. The van der Waals surface area contributed by atoms with Gasteiger partial charge < -0.3 is 14.7 Å². The third kappa shape index (κ3) is 3.89. The topological polar surface area (TPSA) is 53.0 Å². The van der Waals surface area contributed by atoms with E-state index in [1.165, 1.54) is 12.1 Å². The van der Waals surface area contributed by atoms with Gasteiger partial charge in [-0.05, 0) is 37.0 Å². The first kappa shape index (κ1) is 18.8. The quantitative estimate of drug-likeness (QED) is 0.880. The largest absolute Gasteiger partial charge is 0.389 e. The molecule has 3 fully saturated rings. The van der Waals surface area contributed by atoms with Crippen molar-refractivity contribution in [2.24, 2.45) is 5.92 Å². The van der Waals surface area contributed by atoms with Crippen molar-refractivity contribution < 1.29 is 19.0 Å². The van der Waals surface area contributed by atoms with Gasteiger partial charge in [-0.3, -0.25) is 9.69 Å². The van der Waals surface area contributed by atoms with Crippen LogP contribution >= 0.6 is 0 Å². The maximum Gasteiger partial charge on any atom is 0.236 e. The van der Waals surface area contributed by atoms with Crippen molar-refractivity contribution in [2.75, 3.05) is 39.4 Å². The SMILES string of the molecule is O=C(CN1CC[C@@]2(O)CCCC[C@H]2[C@@H]1c1ccc(F)cc1)N1CCOCC1. The lowest BCUT2D eigenvalue weighted by atomic mass is 9.66. The van der Waals surface area contributed by atoms with Crippen LogP contribution in [0, 0.1) is 11.7 Å². The zero-order valence-electron chi connectivity index (χ0n) is 15.8. The van der Waals surface area contributed by atoms with Crippen molar-refractivity contribution in [3.63, 3.8) is 0 Å². The van der Waals surface area contributed by atoms with Gasteiger partial charge >= 0.3 is 0 Å². The van der Waals surface area contributed by atoms with E-state index >= 15 is 0 Å². The number of hydrogen-bond acceptors (Lipinski definition) is 4. The smallest absolute Gasteiger partial charge is 0.236 e. The van der Waals surface area contributed by atoms with Crippen LogP contribution in [0.5, 0.6) is 0 Å². The fraction of sp³-hybridized carbons (Fsp3) is 0.667. The molecule has 1 aromatic carbocycles. The summed E-state index contributed by atoms with van der Waals surface area (Å²) in [5.41, 5.74) is 0.326. The zero-order chi connectivity index (χ0) is 18.9. The summed E-state index contributed by atoms with van der Waals surface area (Å²) in [6.45, 7) is 3.49. The normalized spacial score (nSPS) is 32.1. The molecule has 3 atom stereocenters. The molecule has 27 heavy (non-hydrogen) atoms. The Balaban J connectivity index is 1.58. The summed E-state index contributed by atoms with van der Waals surface area (Å²) in [5, 5.41) is 11.3. The van der Waals surface area contributed by atoms with Crippen LogP contribution in [0.1, 0.15) is 43.7 Å². The number of aliphatic hydroxyl groups is 1. The highest BCUT2D eigenvalue weighted by molar-refractivity contribution is 5.78. The summed E-state index contributed by atoms with van der Waals surface area (Å²) in [6, 6.07) is 6.54. The van der Waals surface area contributed by atoms with Gasteiger partial charge in [0.1, 0.15) is 5.82 Å². The van der Waals surface area contributed by atoms with E-state index < -0.39 is 5.60 Å². The zero-order valence-corrected chi connectivity index (χ0v) is 15.8. The van der Waals surface area contributed by atoms with E-state index in [1.807, 2.05) is 17.0 Å². The summed E-state index contributed by atoms with van der Waals surface area (Å²) >= 11 is 0. The van der Waals surface area contributed by atoms with E-state index in [-0.39, 0.29) is 23.7 Å². The van der Waals surface area contributed by atoms with Gasteiger partial charge in [0.25, 0.3) is 0 Å². The Morgan fingerprint density at radius 2 is 1.89 bits per heavy atom. The molecular weight excluding hydrogens is 347 g/mol. The summed E-state index contributed by atoms with van der Waals surface area (Å²) in [7, 11) is 0. The lowest BCUT2D eigenvalue weighted by Gasteiger charge is -2.52. The molecule has 2 saturated heterocycles. The maximum atomic E-state index is 13.5. The van der Waals surface area contributed by atoms with Gasteiger partial charge in [0.2, 0.25) is 5.91 Å². The van der Waals surface area contributed by atoms with E-state index in [0.717, 1.165) is 31.2 Å². The van der Waals surface area contributed by atoms with Gasteiger partial charge in [0.15, 0.2) is 0 Å². The van der Waals surface area contributed by atoms with Gasteiger partial charge in [-0.15, -0.1) is 0 Å². The second kappa shape index (κ2) is 7.86. The fourth-order valence-corrected chi connectivity index (χ4v) is 5.11. The molecule has 4 rings (SSSR count). The van der Waals surface area contributed by atoms with Crippen LogP contribution in [0.4, 0.5) is 4.39 Å². The Morgan fingerprint density at radius 1 is 1.15 bits per heavy atom. The van der Waals surface area contributed by atoms with Crippen LogP contribution in [0.3, 0.4) is 0 Å². The molecule has 148 valence electrons. The Kier molecular flexibility index (Phi) is 5.48. The molecule has 1 amide bonds. The summed E-state index contributed by atoms with van der Waals surface area (Å²) in [5.74, 6) is -0.0565. The van der Waals surface area contributed by atoms with E-state index in [9.17, 15) is 14.3 Å². The number of rotatable bonds is 3. The maximum absolute atomic E-state index is 13.5. The number of ether oxygens (including phenoxy) is 1. The summed E-state index contributed by atoms with van der Waals surface area (Å²) < 4.78 is 18.8. The second-order valence-corrected chi connectivity index (χ2v) is 8.17. The number of piperidine rings is 1. The van der Waals surface area contributed by atoms with Gasteiger partial charge in [-0.1, -0.05) is 25.0 Å². The molecule has 1 aromatic rings. The first-order valence-corrected chi connectivity index (χ1v) is 10.1. The molecule has 0 spiro atoms. The number of fused-ring (bicyclic) bond motifs is 1. The molecule has 6 heteroatoms. The van der Waals surface area contributed by atoms with Crippen molar-refractivity contribution >= 4 is 5.91 Å². The van der Waals surface area contributed by atoms with E-state index in [0.29, 0.717) is 45.8 Å². The van der Waals surface area contributed by atoms with Crippen LogP contribution in [-0.4, -0.2) is 65.8 Å². The third-order valence-electron chi connectivity index (χ3n) is 6.59. The first-order valence-electron chi connectivity index (χ1n) is 10.1. The standard InChI is InChI=1S/C21H29FN2O3/c22-17-6-4-16(5-7-17)20-18-3-1-2-8-21(18,26)9-10-24(20)15-19(25)23-11-13-27-14-12-23/h4-7,18,20,26H,1-3,8-15H2/t18-,20-,21-/m0/s1. The van der Waals surface area contributed by atoms with Gasteiger partial charge in [-0.25, -0.2) is 4.39 Å². The molecule has 3 aliphatic rings. The van der Waals surface area contributed by atoms with Crippen molar-refractivity contribution in [1.82, 2.24) is 9.80 Å². The molecule has 2 heterocycles. The summed E-state index contributed by atoms with van der Waals surface area (Å²) in [4.78, 5) is 16.9. The number of morpholine rings is 1. The Morgan fingerprint density at radius 3 is 2.63 bits per heavy atom. The average molecular weight is 376 g/mol. The highest BCUT2D eigenvalue weighted by atomic mass is 19.1. The monoisotopic (exact) mass is 376 g/mol. The number of carbonyl (C=O) groups excluding carboxylic acids is 1. The highest BCUT2D eigenvalue weighted by Crippen LogP contribution is 2.49. The van der Waals surface area contributed by atoms with Gasteiger partial charge in [0, 0.05) is 31.6 Å². The molecule has 1 N–H and O–H groups in total. The Labute approximate surface area is 160 Å². The third-order valence-corrected chi connectivity index (χ3v) is 6.59. The van der Waals surface area contributed by atoms with Crippen LogP contribution < -0.4 is 0 Å². The molecule has 0 radical (unpaired) electrons. The molecule has 1 aliphatic carbocycles. The predicted molar refractivity (Wildman–Crippen MR) is 99.6 cm³/mol. The number of likely N-dealkylation sites (tertiary alicyclic amines) is 1. The van der Waals surface area contributed by atoms with Crippen molar-refractivity contribution in [3.05, 3.63) is 35.6 Å². The average Bonchev–Trinajstić information content (AvgIpc) is 2.69. The highest BCUT2D eigenvalue weighted by Gasteiger charge is 2.49. The molecule has 0 bridgehead atoms. The Hall–Kier alpha value is -1.50. The van der Waals surface area contributed by atoms with Gasteiger partial charge in [0.05, 0.1) is 25.4 Å². The number of benzene rings is 1. The van der Waals surface area contributed by atoms with E-state index in [2.05, 4.69) is 4.90 Å². The molecule has 1 saturated carbocycles. The Bertz CT molecular complexity index is 662. The number of nitrogens with zero attached hydrogens (tertiary/aromatic N) is 2. The molecule has 5 nitrogen and oxygen atoms in total. The van der Waals surface area contributed by atoms with Crippen LogP contribution in [0.2, 0.25) is 0 Å². The van der Waals surface area contributed by atoms with E-state index in [4.69, 9.17) is 4.74 Å². The number of halogens is 1. The second-order valence-electron chi connectivity index (χ2n) is 8.17. The van der Waals surface area contributed by atoms with Crippen molar-refractivity contribution in [3.8, 4) is 0 Å². The number of carbonyl (C=O) groups is 1. The minimum atomic E-state index is -0.671. The lowest BCUT2D eigenvalue weighted by molar-refractivity contribution is -0.147. The van der Waals surface area contributed by atoms with Crippen LogP contribution in [0.15, 0.2) is 24.3 Å². The number of amides is 1. The molecule has 2 aliphatic heterocycles. The molecular formula is C21H29FN2O3. The van der Waals surface area contributed by atoms with Crippen molar-refractivity contribution in [1.29, 1.82) is 0 Å². The van der Waals surface area contributed by atoms with Gasteiger partial charge in [-0.2, -0.15) is 0 Å². The summed E-state index contributed by atoms with van der Waals surface area (Å²) in [6.07, 6.45) is 4.61. The van der Waals surface area contributed by atoms with Crippen LogP contribution in [0.25, 0.3) is 0 Å². The van der Waals surface area contributed by atoms with E-state index in [1.54, 1.807) is 0 Å². The minimum Gasteiger partial charge on any atom is -0.389 e.